The molecule has 3 amide bonds. The lowest BCUT2D eigenvalue weighted by atomic mass is 10.0. The number of ether oxygens (including phenoxy) is 1. The number of rotatable bonds is 7. The van der Waals surface area contributed by atoms with Crippen LogP contribution in [0.3, 0.4) is 0 Å². The van der Waals surface area contributed by atoms with Crippen LogP contribution in [0, 0.1) is 10.1 Å². The predicted molar refractivity (Wildman–Crippen MR) is 134 cm³/mol. The van der Waals surface area contributed by atoms with Crippen molar-refractivity contribution in [1.82, 2.24) is 0 Å². The van der Waals surface area contributed by atoms with Gasteiger partial charge in [0, 0.05) is 23.4 Å². The fourth-order valence-corrected chi connectivity index (χ4v) is 3.88. The Hall–Kier alpha value is -5.06. The highest BCUT2D eigenvalue weighted by molar-refractivity contribution is 6.17. The molecular formula is C26H22N4O7. The summed E-state index contributed by atoms with van der Waals surface area (Å²) < 4.78 is 4.94. The van der Waals surface area contributed by atoms with Gasteiger partial charge in [0.25, 0.3) is 11.6 Å². The summed E-state index contributed by atoms with van der Waals surface area (Å²) in [5, 5.41) is 16.4. The number of anilines is 3. The van der Waals surface area contributed by atoms with Gasteiger partial charge >= 0.3 is 5.97 Å². The molecule has 0 saturated carbocycles. The third kappa shape index (κ3) is 5.45. The van der Waals surface area contributed by atoms with Gasteiger partial charge in [-0.3, -0.25) is 29.4 Å². The minimum atomic E-state index is -1.18. The first-order valence-electron chi connectivity index (χ1n) is 11.3. The summed E-state index contributed by atoms with van der Waals surface area (Å²) >= 11 is 0. The highest BCUT2D eigenvalue weighted by Crippen LogP contribution is 2.34. The summed E-state index contributed by atoms with van der Waals surface area (Å²) in [6.07, 6.45) is -0.363. The molecule has 1 aliphatic heterocycles. The second-order valence-corrected chi connectivity index (χ2v) is 8.05. The summed E-state index contributed by atoms with van der Waals surface area (Å²) in [7, 11) is 0. The number of nitrogens with one attached hydrogen (secondary N) is 2. The average Bonchev–Trinajstić information content (AvgIpc) is 2.89. The molecular weight excluding hydrogens is 480 g/mol. The number of non-ortho nitro benzene ring substituents is 1. The Bertz CT molecular complexity index is 1370. The van der Waals surface area contributed by atoms with Crippen molar-refractivity contribution in [2.75, 3.05) is 22.1 Å². The molecule has 0 aliphatic carbocycles. The van der Waals surface area contributed by atoms with E-state index in [1.807, 2.05) is 0 Å². The second kappa shape index (κ2) is 10.7. The molecule has 3 aromatic rings. The maximum Gasteiger partial charge on any atom is 0.338 e. The molecule has 0 fully saturated rings. The SMILES string of the molecule is CCOC(=O)c1ccc(NC(=O)CC2C(=O)Nc3ccccc3N2C(=O)c2ccc([N+](=O)[O-])cc2)cc1. The molecule has 0 saturated heterocycles. The molecule has 1 unspecified atom stereocenters. The van der Waals surface area contributed by atoms with E-state index in [4.69, 9.17) is 4.74 Å². The fourth-order valence-electron chi connectivity index (χ4n) is 3.88. The normalized spacial score (nSPS) is 14.2. The van der Waals surface area contributed by atoms with E-state index < -0.39 is 34.7 Å². The minimum absolute atomic E-state index is 0.120. The molecule has 0 spiro atoms. The summed E-state index contributed by atoms with van der Waals surface area (Å²) in [5.74, 6) is -2.17. The third-order valence-corrected chi connectivity index (χ3v) is 5.64. The van der Waals surface area contributed by atoms with Gasteiger partial charge in [-0.25, -0.2) is 4.79 Å². The first-order valence-corrected chi connectivity index (χ1v) is 11.3. The molecule has 3 aromatic carbocycles. The Morgan fingerprint density at radius 3 is 2.30 bits per heavy atom. The van der Waals surface area contributed by atoms with Gasteiger partial charge in [-0.2, -0.15) is 0 Å². The van der Waals surface area contributed by atoms with Crippen molar-refractivity contribution in [3.05, 3.63) is 94.0 Å². The largest absolute Gasteiger partial charge is 0.462 e. The van der Waals surface area contributed by atoms with Crippen molar-refractivity contribution in [3.8, 4) is 0 Å². The highest BCUT2D eigenvalue weighted by Gasteiger charge is 2.38. The van der Waals surface area contributed by atoms with Crippen molar-refractivity contribution in [2.45, 2.75) is 19.4 Å². The van der Waals surface area contributed by atoms with Gasteiger partial charge in [0.1, 0.15) is 6.04 Å². The fraction of sp³-hybridized carbons (Fsp3) is 0.154. The van der Waals surface area contributed by atoms with Crippen molar-refractivity contribution in [2.24, 2.45) is 0 Å². The van der Waals surface area contributed by atoms with Gasteiger partial charge in [-0.05, 0) is 55.5 Å². The second-order valence-electron chi connectivity index (χ2n) is 8.05. The Kier molecular flexibility index (Phi) is 7.23. The third-order valence-electron chi connectivity index (χ3n) is 5.64. The summed E-state index contributed by atoms with van der Waals surface area (Å²) in [5.41, 5.74) is 1.44. The Balaban J connectivity index is 1.57. The van der Waals surface area contributed by atoms with E-state index in [1.165, 1.54) is 53.4 Å². The first-order chi connectivity index (χ1) is 17.8. The van der Waals surface area contributed by atoms with E-state index in [-0.39, 0.29) is 24.3 Å². The number of carbonyl (C=O) groups is 4. The Labute approximate surface area is 211 Å². The van der Waals surface area contributed by atoms with Gasteiger partial charge in [0.15, 0.2) is 0 Å². The van der Waals surface area contributed by atoms with Crippen LogP contribution in [-0.2, 0) is 14.3 Å². The zero-order chi connectivity index (χ0) is 26.5. The number of esters is 1. The lowest BCUT2D eigenvalue weighted by molar-refractivity contribution is -0.384. The number of nitro groups is 1. The number of nitrogens with zero attached hydrogens (tertiary/aromatic N) is 2. The maximum atomic E-state index is 13.5. The molecule has 4 rings (SSSR count). The number of carbonyl (C=O) groups excluding carboxylic acids is 4. The zero-order valence-electron chi connectivity index (χ0n) is 19.7. The number of nitro benzene ring substituents is 1. The standard InChI is InChI=1S/C26H22N4O7/c1-2-37-26(34)17-7-11-18(12-8-17)27-23(31)15-22-24(32)28-20-5-3-4-6-21(20)29(22)25(33)16-9-13-19(14-10-16)30(35)36/h3-14,22H,2,15H2,1H3,(H,27,31)(H,28,32). The van der Waals surface area contributed by atoms with Crippen LogP contribution in [0.1, 0.15) is 34.1 Å². The molecule has 188 valence electrons. The van der Waals surface area contributed by atoms with Crippen molar-refractivity contribution in [1.29, 1.82) is 0 Å². The van der Waals surface area contributed by atoms with Crippen LogP contribution in [0.4, 0.5) is 22.7 Å². The molecule has 1 atom stereocenters. The van der Waals surface area contributed by atoms with E-state index in [1.54, 1.807) is 31.2 Å². The van der Waals surface area contributed by atoms with E-state index in [0.717, 1.165) is 0 Å². The predicted octanol–water partition coefficient (Wildman–Crippen LogP) is 3.77. The molecule has 0 bridgehead atoms. The smallest absolute Gasteiger partial charge is 0.338 e. The van der Waals surface area contributed by atoms with E-state index in [0.29, 0.717) is 22.6 Å². The van der Waals surface area contributed by atoms with Crippen molar-refractivity contribution < 1.29 is 28.8 Å². The average molecular weight is 502 g/mol. The lowest BCUT2D eigenvalue weighted by Gasteiger charge is -2.36. The van der Waals surface area contributed by atoms with Gasteiger partial charge in [0.05, 0.1) is 34.9 Å². The molecule has 1 aliphatic rings. The lowest BCUT2D eigenvalue weighted by Crippen LogP contribution is -2.52. The highest BCUT2D eigenvalue weighted by atomic mass is 16.6. The van der Waals surface area contributed by atoms with Crippen LogP contribution in [0.2, 0.25) is 0 Å². The topological polar surface area (TPSA) is 148 Å². The van der Waals surface area contributed by atoms with Crippen molar-refractivity contribution in [3.63, 3.8) is 0 Å². The van der Waals surface area contributed by atoms with Crippen LogP contribution in [0.5, 0.6) is 0 Å². The zero-order valence-corrected chi connectivity index (χ0v) is 19.7. The molecule has 2 N–H and O–H groups in total. The van der Waals surface area contributed by atoms with Crippen LogP contribution in [-0.4, -0.2) is 41.3 Å². The van der Waals surface area contributed by atoms with Gasteiger partial charge in [-0.1, -0.05) is 12.1 Å². The molecule has 11 nitrogen and oxygen atoms in total. The molecule has 11 heteroatoms. The minimum Gasteiger partial charge on any atom is -0.462 e. The van der Waals surface area contributed by atoms with Crippen LogP contribution >= 0.6 is 0 Å². The molecule has 0 radical (unpaired) electrons. The number of benzene rings is 3. The van der Waals surface area contributed by atoms with Gasteiger partial charge < -0.3 is 15.4 Å². The van der Waals surface area contributed by atoms with E-state index in [2.05, 4.69) is 10.6 Å². The first kappa shape index (κ1) is 25.0. The number of amides is 3. The monoisotopic (exact) mass is 502 g/mol. The van der Waals surface area contributed by atoms with Gasteiger partial charge in [0.2, 0.25) is 11.8 Å². The van der Waals surface area contributed by atoms with E-state index in [9.17, 15) is 29.3 Å². The van der Waals surface area contributed by atoms with Crippen molar-refractivity contribution >= 4 is 46.4 Å². The van der Waals surface area contributed by atoms with Gasteiger partial charge in [-0.15, -0.1) is 0 Å². The number of hydrogen-bond acceptors (Lipinski definition) is 7. The number of hydrogen-bond donors (Lipinski definition) is 2. The maximum absolute atomic E-state index is 13.5. The quantitative estimate of drug-likeness (QED) is 0.284. The summed E-state index contributed by atoms with van der Waals surface area (Å²) in [6, 6.07) is 16.5. The Morgan fingerprint density at radius 2 is 1.65 bits per heavy atom. The Morgan fingerprint density at radius 1 is 1.00 bits per heavy atom. The summed E-state index contributed by atoms with van der Waals surface area (Å²) in [6.45, 7) is 1.93. The number of fused-ring (bicyclic) bond motifs is 1. The number of para-hydroxylation sites is 2. The van der Waals surface area contributed by atoms with Crippen LogP contribution < -0.4 is 15.5 Å². The molecule has 0 aromatic heterocycles. The molecule has 37 heavy (non-hydrogen) atoms. The summed E-state index contributed by atoms with van der Waals surface area (Å²) in [4.78, 5) is 62.8. The molecule has 1 heterocycles. The van der Waals surface area contributed by atoms with Crippen LogP contribution in [0.15, 0.2) is 72.8 Å². The van der Waals surface area contributed by atoms with E-state index >= 15 is 0 Å². The van der Waals surface area contributed by atoms with Crippen LogP contribution in [0.25, 0.3) is 0 Å².